The molecule has 5 heteroatoms. The summed E-state index contributed by atoms with van der Waals surface area (Å²) >= 11 is 7.26. The van der Waals surface area contributed by atoms with Crippen LogP contribution in [0.5, 0.6) is 0 Å². The van der Waals surface area contributed by atoms with E-state index in [4.69, 9.17) is 17.1 Å². The van der Waals surface area contributed by atoms with Crippen LogP contribution in [0.1, 0.15) is 4.88 Å². The predicted octanol–water partition coefficient (Wildman–Crippen LogP) is 3.25. The average molecular weight is 188 g/mol. The third-order valence-corrected chi connectivity index (χ3v) is 2.49. The molecule has 0 N–H and O–H groups in total. The molecule has 0 aliphatic heterocycles. The summed E-state index contributed by atoms with van der Waals surface area (Å²) in [6, 6.07) is 1.89. The van der Waals surface area contributed by atoms with Crippen molar-refractivity contribution in [3.63, 3.8) is 0 Å². The molecule has 0 aliphatic rings. The van der Waals surface area contributed by atoms with Crippen molar-refractivity contribution >= 4 is 22.9 Å². The normalized spacial score (nSPS) is 9.18. The molecule has 0 unspecified atom stereocenters. The molecule has 0 radical (unpaired) electrons. The SMILES string of the molecule is [N-]=[N+]=NCCc1cc(Cl)cs1. The zero-order valence-electron chi connectivity index (χ0n) is 5.70. The molecule has 0 amide bonds. The summed E-state index contributed by atoms with van der Waals surface area (Å²) < 4.78 is 0. The van der Waals surface area contributed by atoms with E-state index in [0.717, 1.165) is 16.3 Å². The van der Waals surface area contributed by atoms with E-state index >= 15 is 0 Å². The van der Waals surface area contributed by atoms with Gasteiger partial charge in [-0.25, -0.2) is 0 Å². The Morgan fingerprint density at radius 3 is 3.09 bits per heavy atom. The lowest BCUT2D eigenvalue weighted by molar-refractivity contribution is 0.974. The lowest BCUT2D eigenvalue weighted by Gasteiger charge is -1.86. The second-order valence-corrected chi connectivity index (χ2v) is 3.37. The molecule has 1 aromatic heterocycles. The zero-order chi connectivity index (χ0) is 8.10. The largest absolute Gasteiger partial charge is 0.147 e. The summed E-state index contributed by atoms with van der Waals surface area (Å²) in [5.41, 5.74) is 7.99. The second kappa shape index (κ2) is 4.23. The molecule has 3 nitrogen and oxygen atoms in total. The molecular weight excluding hydrogens is 182 g/mol. The zero-order valence-corrected chi connectivity index (χ0v) is 7.27. The van der Waals surface area contributed by atoms with Crippen LogP contribution >= 0.6 is 22.9 Å². The van der Waals surface area contributed by atoms with Crippen LogP contribution in [-0.2, 0) is 6.42 Å². The van der Waals surface area contributed by atoms with E-state index in [2.05, 4.69) is 10.0 Å². The van der Waals surface area contributed by atoms with E-state index in [1.54, 1.807) is 11.3 Å². The van der Waals surface area contributed by atoms with Crippen molar-refractivity contribution in [1.82, 2.24) is 0 Å². The highest BCUT2D eigenvalue weighted by molar-refractivity contribution is 7.10. The van der Waals surface area contributed by atoms with Crippen LogP contribution in [0.25, 0.3) is 10.4 Å². The molecule has 11 heavy (non-hydrogen) atoms. The van der Waals surface area contributed by atoms with Crippen LogP contribution in [0.3, 0.4) is 0 Å². The minimum Gasteiger partial charge on any atom is -0.147 e. The Hall–Kier alpha value is -0.700. The number of hydrogen-bond donors (Lipinski definition) is 0. The van der Waals surface area contributed by atoms with Gasteiger partial charge in [0.15, 0.2) is 0 Å². The monoisotopic (exact) mass is 187 g/mol. The predicted molar refractivity (Wildman–Crippen MR) is 47.0 cm³/mol. The van der Waals surface area contributed by atoms with E-state index < -0.39 is 0 Å². The molecule has 0 spiro atoms. The van der Waals surface area contributed by atoms with E-state index in [1.807, 2.05) is 11.4 Å². The number of nitrogens with zero attached hydrogens (tertiary/aromatic N) is 3. The maximum Gasteiger partial charge on any atom is 0.0515 e. The average Bonchev–Trinajstić information content (AvgIpc) is 2.37. The summed E-state index contributed by atoms with van der Waals surface area (Å²) in [6.07, 6.45) is 0.779. The minimum absolute atomic E-state index is 0.507. The highest BCUT2D eigenvalue weighted by Crippen LogP contribution is 2.19. The number of thiophene rings is 1. The Labute approximate surface area is 73.2 Å². The smallest absolute Gasteiger partial charge is 0.0515 e. The van der Waals surface area contributed by atoms with Gasteiger partial charge >= 0.3 is 0 Å². The summed E-state index contributed by atoms with van der Waals surface area (Å²) in [5.74, 6) is 0. The highest BCUT2D eigenvalue weighted by atomic mass is 35.5. The van der Waals surface area contributed by atoms with Gasteiger partial charge in [0.25, 0.3) is 0 Å². The summed E-state index contributed by atoms with van der Waals surface area (Å²) in [6.45, 7) is 0.507. The van der Waals surface area contributed by atoms with E-state index in [9.17, 15) is 0 Å². The fourth-order valence-corrected chi connectivity index (χ4v) is 1.76. The Kier molecular flexibility index (Phi) is 3.23. The van der Waals surface area contributed by atoms with Gasteiger partial charge in [0.05, 0.1) is 5.02 Å². The molecule has 0 fully saturated rings. The van der Waals surface area contributed by atoms with Crippen LogP contribution in [0, 0.1) is 0 Å². The maximum absolute atomic E-state index is 7.99. The van der Waals surface area contributed by atoms with Gasteiger partial charge in [-0.2, -0.15) is 0 Å². The van der Waals surface area contributed by atoms with Gasteiger partial charge in [-0.1, -0.05) is 16.7 Å². The van der Waals surface area contributed by atoms with Crippen molar-refractivity contribution in [2.45, 2.75) is 6.42 Å². The van der Waals surface area contributed by atoms with Crippen molar-refractivity contribution < 1.29 is 0 Å². The molecule has 1 aromatic rings. The van der Waals surface area contributed by atoms with Crippen LogP contribution in [0.4, 0.5) is 0 Å². The van der Waals surface area contributed by atoms with Gasteiger partial charge in [0, 0.05) is 21.7 Å². The molecule has 0 atom stereocenters. The van der Waals surface area contributed by atoms with Gasteiger partial charge in [0.2, 0.25) is 0 Å². The van der Waals surface area contributed by atoms with Crippen LogP contribution in [-0.4, -0.2) is 6.54 Å². The van der Waals surface area contributed by atoms with E-state index in [0.29, 0.717) is 6.54 Å². The molecule has 1 heterocycles. The lowest BCUT2D eigenvalue weighted by atomic mass is 10.3. The summed E-state index contributed by atoms with van der Waals surface area (Å²) in [4.78, 5) is 3.81. The Bertz CT molecular complexity index is 277. The summed E-state index contributed by atoms with van der Waals surface area (Å²) in [7, 11) is 0. The molecule has 0 saturated heterocycles. The Balaban J connectivity index is 2.44. The fourth-order valence-electron chi connectivity index (χ4n) is 0.690. The van der Waals surface area contributed by atoms with Crippen LogP contribution in [0.15, 0.2) is 16.6 Å². The third-order valence-electron chi connectivity index (χ3n) is 1.14. The van der Waals surface area contributed by atoms with E-state index in [-0.39, 0.29) is 0 Å². The Morgan fingerprint density at radius 1 is 1.73 bits per heavy atom. The first-order valence-electron chi connectivity index (χ1n) is 3.06. The number of azide groups is 1. The van der Waals surface area contributed by atoms with Crippen molar-refractivity contribution in [2.24, 2.45) is 5.11 Å². The van der Waals surface area contributed by atoms with Gasteiger partial charge in [-0.05, 0) is 18.0 Å². The van der Waals surface area contributed by atoms with E-state index in [1.165, 1.54) is 0 Å². The quantitative estimate of drug-likeness (QED) is 0.396. The van der Waals surface area contributed by atoms with Gasteiger partial charge in [-0.3, -0.25) is 0 Å². The standard InChI is InChI=1S/C6H6ClN3S/c7-5-3-6(11-4-5)1-2-9-10-8/h3-4H,1-2H2. The van der Waals surface area contributed by atoms with Crippen molar-refractivity contribution in [1.29, 1.82) is 0 Å². The molecule has 0 aliphatic carbocycles. The molecule has 1 rings (SSSR count). The molecule has 0 bridgehead atoms. The first-order valence-corrected chi connectivity index (χ1v) is 4.32. The first-order chi connectivity index (χ1) is 5.33. The molecule has 58 valence electrons. The van der Waals surface area contributed by atoms with Crippen LogP contribution < -0.4 is 0 Å². The minimum atomic E-state index is 0.507. The summed E-state index contributed by atoms with van der Waals surface area (Å²) in [5, 5.41) is 6.04. The van der Waals surface area contributed by atoms with Gasteiger partial charge < -0.3 is 0 Å². The Morgan fingerprint density at radius 2 is 2.55 bits per heavy atom. The van der Waals surface area contributed by atoms with Crippen molar-refractivity contribution in [3.05, 3.63) is 31.8 Å². The maximum atomic E-state index is 7.99. The second-order valence-electron chi connectivity index (χ2n) is 1.94. The van der Waals surface area contributed by atoms with Crippen LogP contribution in [0.2, 0.25) is 5.02 Å². The molecule has 0 aromatic carbocycles. The third kappa shape index (κ3) is 2.80. The number of hydrogen-bond acceptors (Lipinski definition) is 2. The lowest BCUT2D eigenvalue weighted by Crippen LogP contribution is -1.82. The number of rotatable bonds is 3. The van der Waals surface area contributed by atoms with Crippen molar-refractivity contribution in [3.8, 4) is 0 Å². The van der Waals surface area contributed by atoms with Gasteiger partial charge in [0.1, 0.15) is 0 Å². The molecular formula is C6H6ClN3S. The fraction of sp³-hybridized carbons (Fsp3) is 0.333. The highest BCUT2D eigenvalue weighted by Gasteiger charge is 1.95. The topological polar surface area (TPSA) is 48.8 Å². The molecule has 0 saturated carbocycles. The van der Waals surface area contributed by atoms with Gasteiger partial charge in [-0.15, -0.1) is 11.3 Å². The number of halogens is 1. The first kappa shape index (κ1) is 8.40. The van der Waals surface area contributed by atoms with Crippen molar-refractivity contribution in [2.75, 3.05) is 6.54 Å².